The van der Waals surface area contributed by atoms with Crippen LogP contribution in [0.3, 0.4) is 0 Å². The average Bonchev–Trinajstić information content (AvgIpc) is 3.14. The summed E-state index contributed by atoms with van der Waals surface area (Å²) in [5.41, 5.74) is 1.32. The van der Waals surface area contributed by atoms with Crippen LogP contribution >= 0.6 is 11.3 Å². The molecule has 0 N–H and O–H groups in total. The molecule has 5 nitrogen and oxygen atoms in total. The third kappa shape index (κ3) is 2.40. The number of esters is 1. The molecular weight excluding hydrogens is 314 g/mol. The second kappa shape index (κ2) is 5.76. The Morgan fingerprint density at radius 3 is 3.00 bits per heavy atom. The van der Waals surface area contributed by atoms with Gasteiger partial charge in [0, 0.05) is 29.4 Å². The smallest absolute Gasteiger partial charge is 0.358 e. The van der Waals surface area contributed by atoms with Gasteiger partial charge in [0.2, 0.25) is 0 Å². The molecule has 2 aromatic heterocycles. The predicted molar refractivity (Wildman–Crippen MR) is 85.3 cm³/mol. The van der Waals surface area contributed by atoms with E-state index in [-0.39, 0.29) is 23.6 Å². The second-order valence-electron chi connectivity index (χ2n) is 6.21. The molecule has 6 heteroatoms. The Kier molecular flexibility index (Phi) is 3.73. The fourth-order valence-corrected chi connectivity index (χ4v) is 4.39. The van der Waals surface area contributed by atoms with Gasteiger partial charge in [-0.05, 0) is 25.8 Å². The van der Waals surface area contributed by atoms with Crippen molar-refractivity contribution in [2.45, 2.75) is 44.8 Å². The highest BCUT2D eigenvalue weighted by Gasteiger charge is 2.61. The van der Waals surface area contributed by atoms with Crippen molar-refractivity contribution in [2.75, 3.05) is 6.61 Å². The van der Waals surface area contributed by atoms with Crippen LogP contribution < -0.4 is 0 Å². The van der Waals surface area contributed by atoms with Crippen molar-refractivity contribution < 1.29 is 18.7 Å². The highest BCUT2D eigenvalue weighted by atomic mass is 32.1. The fraction of sp³-hybridized carbons (Fsp3) is 0.529. The zero-order valence-electron chi connectivity index (χ0n) is 13.0. The Morgan fingerprint density at radius 2 is 2.35 bits per heavy atom. The summed E-state index contributed by atoms with van der Waals surface area (Å²) < 4.78 is 16.6. The SMILES string of the molecule is CCOC1CC(OC(=O)c2csc(-c3ccoc3)n2)C12CCC2. The van der Waals surface area contributed by atoms with Gasteiger partial charge in [-0.3, -0.25) is 0 Å². The van der Waals surface area contributed by atoms with Crippen LogP contribution in [0.1, 0.15) is 43.1 Å². The van der Waals surface area contributed by atoms with Crippen molar-refractivity contribution in [1.29, 1.82) is 0 Å². The topological polar surface area (TPSA) is 61.6 Å². The molecule has 0 amide bonds. The molecule has 0 radical (unpaired) electrons. The molecule has 23 heavy (non-hydrogen) atoms. The van der Waals surface area contributed by atoms with Gasteiger partial charge in [-0.25, -0.2) is 9.78 Å². The first-order valence-corrected chi connectivity index (χ1v) is 8.91. The maximum atomic E-state index is 12.4. The second-order valence-corrected chi connectivity index (χ2v) is 7.07. The van der Waals surface area contributed by atoms with E-state index in [4.69, 9.17) is 13.9 Å². The maximum Gasteiger partial charge on any atom is 0.358 e. The van der Waals surface area contributed by atoms with Crippen LogP contribution in [0.4, 0.5) is 0 Å². The molecule has 0 aliphatic heterocycles. The minimum atomic E-state index is -0.331. The lowest BCUT2D eigenvalue weighted by Crippen LogP contribution is -2.63. The number of rotatable bonds is 5. The molecule has 1 spiro atoms. The van der Waals surface area contributed by atoms with Crippen molar-refractivity contribution in [3.8, 4) is 10.6 Å². The van der Waals surface area contributed by atoms with Crippen LogP contribution in [0, 0.1) is 5.41 Å². The number of thiazole rings is 1. The molecule has 2 aliphatic carbocycles. The molecule has 2 aromatic rings. The van der Waals surface area contributed by atoms with Gasteiger partial charge >= 0.3 is 5.97 Å². The minimum Gasteiger partial charge on any atom is -0.472 e. The molecule has 0 bridgehead atoms. The summed E-state index contributed by atoms with van der Waals surface area (Å²) in [7, 11) is 0. The van der Waals surface area contributed by atoms with E-state index in [9.17, 15) is 4.79 Å². The molecule has 0 aromatic carbocycles. The van der Waals surface area contributed by atoms with Crippen molar-refractivity contribution in [1.82, 2.24) is 4.98 Å². The molecular formula is C17H19NO4S. The van der Waals surface area contributed by atoms with E-state index in [1.54, 1.807) is 17.9 Å². The lowest BCUT2D eigenvalue weighted by Gasteiger charge is -2.59. The summed E-state index contributed by atoms with van der Waals surface area (Å²) in [5, 5.41) is 2.52. The van der Waals surface area contributed by atoms with Crippen LogP contribution in [-0.4, -0.2) is 29.8 Å². The average molecular weight is 333 g/mol. The maximum absolute atomic E-state index is 12.4. The highest BCUT2D eigenvalue weighted by Crippen LogP contribution is 2.58. The van der Waals surface area contributed by atoms with Crippen LogP contribution in [-0.2, 0) is 9.47 Å². The standard InChI is InChI=1S/C17H19NO4S/c1-2-21-13-8-14(17(13)5-3-6-17)22-16(19)12-10-23-15(18-12)11-4-7-20-9-11/h4,7,9-10,13-14H,2-3,5-6,8H2,1H3. The van der Waals surface area contributed by atoms with Crippen LogP contribution in [0.2, 0.25) is 0 Å². The van der Waals surface area contributed by atoms with Gasteiger partial charge in [-0.15, -0.1) is 11.3 Å². The van der Waals surface area contributed by atoms with E-state index in [0.717, 1.165) is 29.8 Å². The van der Waals surface area contributed by atoms with Gasteiger partial charge in [-0.2, -0.15) is 0 Å². The molecule has 2 fully saturated rings. The molecule has 122 valence electrons. The number of ether oxygens (including phenoxy) is 2. The molecule has 4 rings (SSSR count). The number of hydrogen-bond acceptors (Lipinski definition) is 6. The summed E-state index contributed by atoms with van der Waals surface area (Å²) in [6.45, 7) is 2.73. The summed E-state index contributed by atoms with van der Waals surface area (Å²) in [6.07, 6.45) is 7.61. The Labute approximate surface area is 138 Å². The van der Waals surface area contributed by atoms with Crippen molar-refractivity contribution >= 4 is 17.3 Å². The van der Waals surface area contributed by atoms with Gasteiger partial charge in [0.25, 0.3) is 0 Å². The quantitative estimate of drug-likeness (QED) is 0.776. The number of nitrogens with zero attached hydrogens (tertiary/aromatic N) is 1. The van der Waals surface area contributed by atoms with Crippen molar-refractivity contribution in [3.05, 3.63) is 29.7 Å². The lowest BCUT2D eigenvalue weighted by molar-refractivity contribution is -0.225. The van der Waals surface area contributed by atoms with E-state index in [1.807, 2.05) is 13.0 Å². The largest absolute Gasteiger partial charge is 0.472 e. The predicted octanol–water partition coefficient (Wildman–Crippen LogP) is 3.91. The molecule has 2 heterocycles. The summed E-state index contributed by atoms with van der Waals surface area (Å²) in [5.74, 6) is -0.331. The van der Waals surface area contributed by atoms with E-state index in [2.05, 4.69) is 4.98 Å². The summed E-state index contributed by atoms with van der Waals surface area (Å²) >= 11 is 1.42. The molecule has 2 unspecified atom stereocenters. The van der Waals surface area contributed by atoms with Gasteiger partial charge in [0.1, 0.15) is 17.4 Å². The number of furan rings is 1. The minimum absolute atomic E-state index is 0.0284. The van der Waals surface area contributed by atoms with Gasteiger partial charge < -0.3 is 13.9 Å². The van der Waals surface area contributed by atoms with E-state index in [0.29, 0.717) is 12.3 Å². The van der Waals surface area contributed by atoms with Gasteiger partial charge in [0.15, 0.2) is 5.69 Å². The first-order valence-electron chi connectivity index (χ1n) is 8.03. The molecule has 2 saturated carbocycles. The molecule has 2 atom stereocenters. The number of carbonyl (C=O) groups excluding carboxylic acids is 1. The number of hydrogen-bond donors (Lipinski definition) is 0. The summed E-state index contributed by atoms with van der Waals surface area (Å²) in [4.78, 5) is 16.7. The number of carbonyl (C=O) groups is 1. The Hall–Kier alpha value is -1.66. The van der Waals surface area contributed by atoms with Crippen molar-refractivity contribution in [2.24, 2.45) is 5.41 Å². The first kappa shape index (κ1) is 14.9. The lowest BCUT2D eigenvalue weighted by atomic mass is 9.52. The van der Waals surface area contributed by atoms with Crippen molar-refractivity contribution in [3.63, 3.8) is 0 Å². The van der Waals surface area contributed by atoms with E-state index >= 15 is 0 Å². The third-order valence-corrected chi connectivity index (χ3v) is 5.99. The Bertz CT molecular complexity index is 689. The molecule has 0 saturated heterocycles. The van der Waals surface area contributed by atoms with Gasteiger partial charge in [0.05, 0.1) is 12.4 Å². The van der Waals surface area contributed by atoms with E-state index in [1.165, 1.54) is 17.8 Å². The Morgan fingerprint density at radius 1 is 1.48 bits per heavy atom. The third-order valence-electron chi connectivity index (χ3n) is 5.09. The zero-order chi connectivity index (χ0) is 15.9. The first-order chi connectivity index (χ1) is 11.2. The van der Waals surface area contributed by atoms with Crippen LogP contribution in [0.5, 0.6) is 0 Å². The molecule has 2 aliphatic rings. The van der Waals surface area contributed by atoms with Crippen LogP contribution in [0.15, 0.2) is 28.4 Å². The fourth-order valence-electron chi connectivity index (χ4n) is 3.62. The zero-order valence-corrected chi connectivity index (χ0v) is 13.8. The highest BCUT2D eigenvalue weighted by molar-refractivity contribution is 7.13. The monoisotopic (exact) mass is 333 g/mol. The van der Waals surface area contributed by atoms with Crippen LogP contribution in [0.25, 0.3) is 10.6 Å². The summed E-state index contributed by atoms with van der Waals surface area (Å²) in [6, 6.07) is 1.83. The van der Waals surface area contributed by atoms with Gasteiger partial charge in [-0.1, -0.05) is 6.42 Å². The Balaban J connectivity index is 1.43. The number of aromatic nitrogens is 1. The normalized spacial score (nSPS) is 24.9. The van der Waals surface area contributed by atoms with E-state index < -0.39 is 0 Å².